The maximum absolute atomic E-state index is 10.1. The van der Waals surface area contributed by atoms with Crippen LogP contribution in [-0.4, -0.2) is 25.7 Å². The quantitative estimate of drug-likeness (QED) is 0.590. The molecule has 4 rings (SSSR count). The number of hydrogen-bond donors (Lipinski definition) is 3. The van der Waals surface area contributed by atoms with Crippen LogP contribution < -0.4 is 5.73 Å². The Kier molecular flexibility index (Phi) is 3.93. The largest absolute Gasteiger partial charge is 0.378 e. The van der Waals surface area contributed by atoms with Crippen LogP contribution in [-0.2, 0) is 12.8 Å². The van der Waals surface area contributed by atoms with Gasteiger partial charge in [0.1, 0.15) is 5.60 Å². The highest BCUT2D eigenvalue weighted by atomic mass is 16.3. The average molecular weight is 346 g/mol. The summed E-state index contributed by atoms with van der Waals surface area (Å²) in [7, 11) is 0. The molecule has 1 atom stereocenters. The number of hydrogen-bond acceptors (Lipinski definition) is 4. The van der Waals surface area contributed by atoms with Gasteiger partial charge in [-0.25, -0.2) is 9.97 Å². The van der Waals surface area contributed by atoms with E-state index in [2.05, 4.69) is 32.9 Å². The Balaban J connectivity index is 1.91. The highest BCUT2D eigenvalue weighted by Crippen LogP contribution is 2.37. The summed E-state index contributed by atoms with van der Waals surface area (Å²) in [4.78, 5) is 12.2. The van der Waals surface area contributed by atoms with Gasteiger partial charge >= 0.3 is 0 Å². The first-order chi connectivity index (χ1) is 12.5. The molecule has 5 heteroatoms. The summed E-state index contributed by atoms with van der Waals surface area (Å²) in [5.74, 6) is 6.35. The van der Waals surface area contributed by atoms with Crippen molar-refractivity contribution in [2.24, 2.45) is 0 Å². The Hall–Kier alpha value is -2.84. The summed E-state index contributed by atoms with van der Waals surface area (Å²) in [5, 5.41) is 11.2. The van der Waals surface area contributed by atoms with Crippen LogP contribution in [0, 0.1) is 11.8 Å². The van der Waals surface area contributed by atoms with E-state index in [9.17, 15) is 5.11 Å². The number of aromatic amines is 1. The van der Waals surface area contributed by atoms with Crippen LogP contribution >= 0.6 is 0 Å². The molecule has 0 amide bonds. The Morgan fingerprint density at radius 2 is 2.19 bits per heavy atom. The number of aromatic nitrogens is 3. The molecule has 26 heavy (non-hydrogen) atoms. The first-order valence-electron chi connectivity index (χ1n) is 8.99. The number of aliphatic hydroxyl groups is 1. The van der Waals surface area contributed by atoms with Crippen molar-refractivity contribution in [1.82, 2.24) is 15.0 Å². The van der Waals surface area contributed by atoms with Crippen molar-refractivity contribution in [3.63, 3.8) is 0 Å². The molecule has 1 aliphatic carbocycles. The molecule has 0 radical (unpaired) electrons. The molecule has 5 nitrogen and oxygen atoms in total. The van der Waals surface area contributed by atoms with Crippen LogP contribution in [0.5, 0.6) is 0 Å². The molecule has 0 spiro atoms. The maximum atomic E-state index is 10.1. The second-order valence-corrected chi connectivity index (χ2v) is 7.07. The zero-order chi connectivity index (χ0) is 18.3. The van der Waals surface area contributed by atoms with Gasteiger partial charge in [-0.05, 0) is 56.4 Å². The Bertz CT molecular complexity index is 1050. The van der Waals surface area contributed by atoms with Crippen LogP contribution in [0.4, 0.5) is 5.95 Å². The molecule has 3 aromatic rings. The van der Waals surface area contributed by atoms with Crippen LogP contribution in [0.15, 0.2) is 24.4 Å². The normalized spacial score (nSPS) is 15.3. The summed E-state index contributed by atoms with van der Waals surface area (Å²) in [6.07, 6.45) is 5.38. The molecule has 4 N–H and O–H groups in total. The van der Waals surface area contributed by atoms with Gasteiger partial charge in [-0.1, -0.05) is 18.8 Å². The highest BCUT2D eigenvalue weighted by Gasteiger charge is 2.21. The van der Waals surface area contributed by atoms with Crippen molar-refractivity contribution < 1.29 is 5.11 Å². The van der Waals surface area contributed by atoms with Crippen LogP contribution in [0.3, 0.4) is 0 Å². The second kappa shape index (κ2) is 6.15. The van der Waals surface area contributed by atoms with E-state index in [4.69, 9.17) is 5.73 Å². The van der Waals surface area contributed by atoms with Gasteiger partial charge in [0.05, 0.1) is 5.69 Å². The lowest BCUT2D eigenvalue weighted by Crippen LogP contribution is -2.19. The second-order valence-electron chi connectivity index (χ2n) is 7.07. The molecular weight excluding hydrogens is 324 g/mol. The zero-order valence-electron chi connectivity index (χ0n) is 15.1. The third-order valence-corrected chi connectivity index (χ3v) is 5.03. The molecule has 1 unspecified atom stereocenters. The summed E-state index contributed by atoms with van der Waals surface area (Å²) in [5.41, 5.74) is 11.2. The lowest BCUT2D eigenvalue weighted by Gasteiger charge is -2.11. The number of benzene rings is 1. The van der Waals surface area contributed by atoms with E-state index >= 15 is 0 Å². The Morgan fingerprint density at radius 1 is 1.35 bits per heavy atom. The summed E-state index contributed by atoms with van der Waals surface area (Å²) in [6, 6.07) is 6.09. The third kappa shape index (κ3) is 2.93. The molecular formula is C21H22N4O. The van der Waals surface area contributed by atoms with Crippen molar-refractivity contribution >= 4 is 16.9 Å². The van der Waals surface area contributed by atoms with E-state index in [-0.39, 0.29) is 0 Å². The van der Waals surface area contributed by atoms with Crippen LogP contribution in [0.25, 0.3) is 22.2 Å². The lowest BCUT2D eigenvalue weighted by atomic mass is 10.0. The minimum atomic E-state index is -0.974. The third-order valence-electron chi connectivity index (χ3n) is 5.03. The van der Waals surface area contributed by atoms with Crippen LogP contribution in [0.2, 0.25) is 0 Å². The molecule has 1 aliphatic rings. The SMILES string of the molecule is CCC(C)(O)C#Cc1ccc2[nH]c3c(c2c1)-c1nc(N)ncc1CCC3. The number of nitrogen functional groups attached to an aromatic ring is 1. The molecule has 1 aromatic carbocycles. The van der Waals surface area contributed by atoms with Crippen molar-refractivity contribution in [3.05, 3.63) is 41.2 Å². The van der Waals surface area contributed by atoms with Crippen molar-refractivity contribution in [2.45, 2.75) is 45.1 Å². The summed E-state index contributed by atoms with van der Waals surface area (Å²) < 4.78 is 0. The monoisotopic (exact) mass is 346 g/mol. The van der Waals surface area contributed by atoms with Gasteiger partial charge in [0.25, 0.3) is 0 Å². The molecule has 132 valence electrons. The molecule has 0 saturated heterocycles. The smallest absolute Gasteiger partial charge is 0.220 e. The predicted molar refractivity (Wildman–Crippen MR) is 104 cm³/mol. The number of nitrogens with one attached hydrogen (secondary N) is 1. The van der Waals surface area contributed by atoms with E-state index in [1.165, 1.54) is 5.69 Å². The first-order valence-corrected chi connectivity index (χ1v) is 8.99. The van der Waals surface area contributed by atoms with Crippen molar-refractivity contribution in [2.75, 3.05) is 5.73 Å². The predicted octanol–water partition coefficient (Wildman–Crippen LogP) is 3.21. The average Bonchev–Trinajstić information content (AvgIpc) is 2.89. The van der Waals surface area contributed by atoms with Gasteiger partial charge in [0, 0.05) is 33.9 Å². The number of anilines is 1. The fraction of sp³-hybridized carbons (Fsp3) is 0.333. The highest BCUT2D eigenvalue weighted by molar-refractivity contribution is 5.98. The maximum Gasteiger partial charge on any atom is 0.220 e. The molecule has 2 heterocycles. The minimum Gasteiger partial charge on any atom is -0.378 e. The van der Waals surface area contributed by atoms with Crippen molar-refractivity contribution in [1.29, 1.82) is 0 Å². The number of nitrogens with two attached hydrogens (primary N) is 1. The van der Waals surface area contributed by atoms with Gasteiger partial charge in [-0.2, -0.15) is 0 Å². The van der Waals surface area contributed by atoms with Gasteiger partial charge in [-0.15, -0.1) is 0 Å². The van der Waals surface area contributed by atoms with E-state index in [0.29, 0.717) is 12.4 Å². The summed E-state index contributed by atoms with van der Waals surface area (Å²) >= 11 is 0. The number of aryl methyl sites for hydroxylation is 2. The van der Waals surface area contributed by atoms with E-state index in [0.717, 1.165) is 52.5 Å². The first kappa shape index (κ1) is 16.6. The Morgan fingerprint density at radius 3 is 3.00 bits per heavy atom. The van der Waals surface area contributed by atoms with Gasteiger partial charge < -0.3 is 15.8 Å². The van der Waals surface area contributed by atoms with Gasteiger partial charge in [0.15, 0.2) is 0 Å². The lowest BCUT2D eigenvalue weighted by molar-refractivity contribution is 0.118. The molecule has 0 saturated carbocycles. The van der Waals surface area contributed by atoms with Gasteiger partial charge in [-0.3, -0.25) is 0 Å². The topological polar surface area (TPSA) is 87.8 Å². The summed E-state index contributed by atoms with van der Waals surface area (Å²) in [6.45, 7) is 3.65. The van der Waals surface area contributed by atoms with Gasteiger partial charge in [0.2, 0.25) is 5.95 Å². The number of fused-ring (bicyclic) bond motifs is 5. The fourth-order valence-corrected chi connectivity index (χ4v) is 3.35. The van der Waals surface area contributed by atoms with E-state index in [1.54, 1.807) is 6.92 Å². The molecule has 2 aromatic heterocycles. The molecule has 0 aliphatic heterocycles. The zero-order valence-corrected chi connectivity index (χ0v) is 15.1. The number of H-pyrrole nitrogens is 1. The Labute approximate surface area is 152 Å². The van der Waals surface area contributed by atoms with E-state index < -0.39 is 5.60 Å². The molecule has 0 fully saturated rings. The van der Waals surface area contributed by atoms with E-state index in [1.807, 2.05) is 25.3 Å². The standard InChI is InChI=1S/C21H22N4O/c1-3-21(2,26)10-9-13-7-8-16-15(11-13)18-17(24-16)6-4-5-14-12-23-20(22)25-19(14)18/h7-8,11-12,24,26H,3-6H2,1-2H3,(H2,22,23,25). The number of rotatable bonds is 1. The molecule has 0 bridgehead atoms. The number of nitrogens with zero attached hydrogens (tertiary/aromatic N) is 2. The fourth-order valence-electron chi connectivity index (χ4n) is 3.35. The van der Waals surface area contributed by atoms with Crippen molar-refractivity contribution in [3.8, 4) is 23.1 Å². The van der Waals surface area contributed by atoms with Crippen LogP contribution in [0.1, 0.15) is 43.5 Å². The minimum absolute atomic E-state index is 0.292.